The Hall–Kier alpha value is -2.99. The zero-order chi connectivity index (χ0) is 17.6. The molecule has 0 radical (unpaired) electrons. The van der Waals surface area contributed by atoms with Crippen molar-refractivity contribution in [2.24, 2.45) is 0 Å². The van der Waals surface area contributed by atoms with E-state index in [2.05, 4.69) is 10.4 Å². The molecule has 0 bridgehead atoms. The van der Waals surface area contributed by atoms with Crippen LogP contribution in [0.1, 0.15) is 16.1 Å². The number of para-hydroxylation sites is 1. The molecule has 6 heteroatoms. The van der Waals surface area contributed by atoms with Crippen LogP contribution < -0.4 is 5.32 Å². The van der Waals surface area contributed by atoms with Crippen LogP contribution in [0.3, 0.4) is 0 Å². The predicted molar refractivity (Wildman–Crippen MR) is 92.0 cm³/mol. The summed E-state index contributed by atoms with van der Waals surface area (Å²) in [6, 6.07) is 17.2. The van der Waals surface area contributed by atoms with E-state index in [0.29, 0.717) is 6.42 Å². The van der Waals surface area contributed by atoms with Gasteiger partial charge in [-0.2, -0.15) is 5.10 Å². The Kier molecular flexibility index (Phi) is 5.20. The van der Waals surface area contributed by atoms with Gasteiger partial charge in [-0.25, -0.2) is 9.07 Å². The Balaban J connectivity index is 1.58. The summed E-state index contributed by atoms with van der Waals surface area (Å²) in [6.45, 7) is 0.111. The van der Waals surface area contributed by atoms with Gasteiger partial charge in [-0.15, -0.1) is 0 Å². The van der Waals surface area contributed by atoms with Crippen LogP contribution in [-0.4, -0.2) is 33.4 Å². The van der Waals surface area contributed by atoms with Crippen molar-refractivity contribution >= 4 is 5.91 Å². The number of rotatable bonds is 6. The van der Waals surface area contributed by atoms with E-state index in [4.69, 9.17) is 0 Å². The molecule has 0 aliphatic carbocycles. The van der Waals surface area contributed by atoms with Gasteiger partial charge in [0, 0.05) is 19.2 Å². The second kappa shape index (κ2) is 7.72. The SMILES string of the molecule is O=C(NCC(O)Cc1ccccc1)c1ccn(-c2ccccc2F)n1. The minimum atomic E-state index is -0.694. The highest BCUT2D eigenvalue weighted by molar-refractivity contribution is 5.92. The average molecular weight is 339 g/mol. The number of carbonyl (C=O) groups excluding carboxylic acids is 1. The number of nitrogens with zero attached hydrogens (tertiary/aromatic N) is 2. The minimum absolute atomic E-state index is 0.111. The van der Waals surface area contributed by atoms with Gasteiger partial charge in [0.2, 0.25) is 0 Å². The van der Waals surface area contributed by atoms with E-state index in [0.717, 1.165) is 5.56 Å². The molecule has 1 unspecified atom stereocenters. The Morgan fingerprint density at radius 3 is 2.60 bits per heavy atom. The molecule has 128 valence electrons. The van der Waals surface area contributed by atoms with Crippen LogP contribution in [0.4, 0.5) is 4.39 Å². The summed E-state index contributed by atoms with van der Waals surface area (Å²) in [4.78, 5) is 12.1. The molecule has 25 heavy (non-hydrogen) atoms. The van der Waals surface area contributed by atoms with E-state index in [1.54, 1.807) is 18.2 Å². The van der Waals surface area contributed by atoms with Gasteiger partial charge in [0.05, 0.1) is 6.10 Å². The third-order valence-corrected chi connectivity index (χ3v) is 3.73. The number of halogens is 1. The molecule has 1 heterocycles. The smallest absolute Gasteiger partial charge is 0.271 e. The second-order valence-corrected chi connectivity index (χ2v) is 5.65. The van der Waals surface area contributed by atoms with Crippen molar-refractivity contribution in [2.75, 3.05) is 6.54 Å². The molecule has 0 aliphatic rings. The van der Waals surface area contributed by atoms with Crippen molar-refractivity contribution in [2.45, 2.75) is 12.5 Å². The molecule has 0 spiro atoms. The van der Waals surface area contributed by atoms with E-state index in [-0.39, 0.29) is 17.9 Å². The van der Waals surface area contributed by atoms with E-state index in [1.807, 2.05) is 30.3 Å². The molecular weight excluding hydrogens is 321 g/mol. The van der Waals surface area contributed by atoms with Crippen molar-refractivity contribution in [3.8, 4) is 5.69 Å². The summed E-state index contributed by atoms with van der Waals surface area (Å²) < 4.78 is 15.1. The maximum atomic E-state index is 13.8. The van der Waals surface area contributed by atoms with Crippen LogP contribution in [0, 0.1) is 5.82 Å². The fourth-order valence-electron chi connectivity index (χ4n) is 2.48. The molecule has 1 aromatic heterocycles. The number of hydrogen-bond acceptors (Lipinski definition) is 3. The molecule has 2 N–H and O–H groups in total. The zero-order valence-electron chi connectivity index (χ0n) is 13.5. The van der Waals surface area contributed by atoms with Gasteiger partial charge in [-0.1, -0.05) is 42.5 Å². The van der Waals surface area contributed by atoms with Crippen molar-refractivity contribution in [1.82, 2.24) is 15.1 Å². The molecule has 1 amide bonds. The third kappa shape index (κ3) is 4.30. The maximum Gasteiger partial charge on any atom is 0.271 e. The summed E-state index contributed by atoms with van der Waals surface area (Å²) in [5, 5.41) is 16.8. The molecule has 0 saturated carbocycles. The largest absolute Gasteiger partial charge is 0.391 e. The minimum Gasteiger partial charge on any atom is -0.391 e. The number of amides is 1. The van der Waals surface area contributed by atoms with Crippen LogP contribution in [0.2, 0.25) is 0 Å². The maximum absolute atomic E-state index is 13.8. The van der Waals surface area contributed by atoms with Crippen LogP contribution in [0.15, 0.2) is 66.9 Å². The predicted octanol–water partition coefficient (Wildman–Crippen LogP) is 2.34. The van der Waals surface area contributed by atoms with Crippen molar-refractivity contribution in [3.05, 3.63) is 83.9 Å². The summed E-state index contributed by atoms with van der Waals surface area (Å²) in [7, 11) is 0. The lowest BCUT2D eigenvalue weighted by atomic mass is 10.1. The monoisotopic (exact) mass is 339 g/mol. The summed E-state index contributed by atoms with van der Waals surface area (Å²) in [6.07, 6.45) is 1.28. The Labute approximate surface area is 144 Å². The van der Waals surface area contributed by atoms with Gasteiger partial charge in [0.25, 0.3) is 5.91 Å². The number of hydrogen-bond donors (Lipinski definition) is 2. The van der Waals surface area contributed by atoms with E-state index in [9.17, 15) is 14.3 Å². The van der Waals surface area contributed by atoms with Gasteiger partial charge in [-0.3, -0.25) is 4.79 Å². The third-order valence-electron chi connectivity index (χ3n) is 3.73. The van der Waals surface area contributed by atoms with Crippen LogP contribution in [0.25, 0.3) is 5.69 Å². The average Bonchev–Trinajstić information content (AvgIpc) is 3.11. The highest BCUT2D eigenvalue weighted by Gasteiger charge is 2.13. The van der Waals surface area contributed by atoms with Crippen LogP contribution in [-0.2, 0) is 6.42 Å². The normalized spacial score (nSPS) is 11.9. The van der Waals surface area contributed by atoms with Crippen molar-refractivity contribution in [3.63, 3.8) is 0 Å². The first-order valence-corrected chi connectivity index (χ1v) is 7.94. The topological polar surface area (TPSA) is 67.2 Å². The number of aromatic nitrogens is 2. The highest BCUT2D eigenvalue weighted by atomic mass is 19.1. The van der Waals surface area contributed by atoms with Gasteiger partial charge in [0.15, 0.2) is 5.69 Å². The van der Waals surface area contributed by atoms with Crippen molar-refractivity contribution in [1.29, 1.82) is 0 Å². The molecular formula is C19H18FN3O2. The number of aliphatic hydroxyl groups is 1. The molecule has 3 rings (SSSR count). The molecule has 2 aromatic carbocycles. The molecule has 1 atom stereocenters. The second-order valence-electron chi connectivity index (χ2n) is 5.65. The van der Waals surface area contributed by atoms with Crippen LogP contribution >= 0.6 is 0 Å². The summed E-state index contributed by atoms with van der Waals surface area (Å²) in [5.41, 5.74) is 1.42. The first-order valence-electron chi connectivity index (χ1n) is 7.94. The van der Waals surface area contributed by atoms with Crippen molar-refractivity contribution < 1.29 is 14.3 Å². The molecule has 0 saturated heterocycles. The fraction of sp³-hybridized carbons (Fsp3) is 0.158. The van der Waals surface area contributed by atoms with E-state index < -0.39 is 17.8 Å². The van der Waals surface area contributed by atoms with E-state index >= 15 is 0 Å². The van der Waals surface area contributed by atoms with Gasteiger partial charge >= 0.3 is 0 Å². The first kappa shape index (κ1) is 16.9. The van der Waals surface area contributed by atoms with Gasteiger partial charge in [-0.05, 0) is 23.8 Å². The summed E-state index contributed by atoms with van der Waals surface area (Å²) >= 11 is 0. The number of aliphatic hydroxyl groups excluding tert-OH is 1. The lowest BCUT2D eigenvalue weighted by Crippen LogP contribution is -2.33. The number of nitrogens with one attached hydrogen (secondary N) is 1. The molecule has 5 nitrogen and oxygen atoms in total. The molecule has 3 aromatic rings. The van der Waals surface area contributed by atoms with E-state index in [1.165, 1.54) is 23.0 Å². The lowest BCUT2D eigenvalue weighted by Gasteiger charge is -2.11. The van der Waals surface area contributed by atoms with Gasteiger partial charge < -0.3 is 10.4 Å². The Morgan fingerprint density at radius 1 is 1.12 bits per heavy atom. The molecule has 0 aliphatic heterocycles. The summed E-state index contributed by atoms with van der Waals surface area (Å²) in [5.74, 6) is -0.835. The fourth-order valence-corrected chi connectivity index (χ4v) is 2.48. The quantitative estimate of drug-likeness (QED) is 0.724. The lowest BCUT2D eigenvalue weighted by molar-refractivity contribution is 0.0910. The Morgan fingerprint density at radius 2 is 1.84 bits per heavy atom. The standard InChI is InChI=1S/C19H18FN3O2/c20-16-8-4-5-9-18(16)23-11-10-17(22-23)19(25)21-13-15(24)12-14-6-2-1-3-7-14/h1-11,15,24H,12-13H2,(H,21,25). The first-order chi connectivity index (χ1) is 12.1. The Bertz CT molecular complexity index is 849. The van der Waals surface area contributed by atoms with Gasteiger partial charge in [0.1, 0.15) is 11.5 Å². The van der Waals surface area contributed by atoms with Crippen LogP contribution in [0.5, 0.6) is 0 Å². The highest BCUT2D eigenvalue weighted by Crippen LogP contribution is 2.12. The number of benzene rings is 2. The number of carbonyl (C=O) groups is 1. The zero-order valence-corrected chi connectivity index (χ0v) is 13.5. The molecule has 0 fully saturated rings.